The van der Waals surface area contributed by atoms with Crippen molar-refractivity contribution in [3.63, 3.8) is 0 Å². The van der Waals surface area contributed by atoms with E-state index in [-0.39, 0.29) is 31.8 Å². The van der Waals surface area contributed by atoms with E-state index in [1.807, 2.05) is 20.8 Å². The van der Waals surface area contributed by atoms with Crippen molar-refractivity contribution in [2.75, 3.05) is 19.7 Å². The lowest BCUT2D eigenvalue weighted by Crippen LogP contribution is -2.52. The largest absolute Gasteiger partial charge is 0.392 e. The first kappa shape index (κ1) is 20.7. The topological polar surface area (TPSA) is 47.4 Å². The highest BCUT2D eigenvalue weighted by Crippen LogP contribution is 2.45. The summed E-state index contributed by atoms with van der Waals surface area (Å²) in [5.74, 6) is -1.53. The number of alkyl halides is 3. The monoisotopic (exact) mass is 375 g/mol. The van der Waals surface area contributed by atoms with E-state index in [9.17, 15) is 18.0 Å². The van der Waals surface area contributed by atoms with E-state index in [2.05, 4.69) is 5.10 Å². The van der Waals surface area contributed by atoms with Gasteiger partial charge in [-0.2, -0.15) is 18.3 Å². The third kappa shape index (κ3) is 4.39. The normalized spacial score (nSPS) is 20.5. The molecule has 0 aliphatic carbocycles. The molecule has 1 saturated heterocycles. The number of aryl methyl sites for hydroxylation is 1. The fourth-order valence-corrected chi connectivity index (χ4v) is 3.73. The molecule has 1 aromatic heterocycles. The van der Waals surface area contributed by atoms with Gasteiger partial charge in [0.2, 0.25) is 5.91 Å². The maximum Gasteiger partial charge on any atom is 0.392 e. The molecule has 1 atom stereocenters. The van der Waals surface area contributed by atoms with Gasteiger partial charge in [-0.15, -0.1) is 0 Å². The van der Waals surface area contributed by atoms with Gasteiger partial charge in [-0.1, -0.05) is 13.8 Å². The Kier molecular flexibility index (Phi) is 6.05. The van der Waals surface area contributed by atoms with Crippen LogP contribution in [-0.4, -0.2) is 46.5 Å². The van der Waals surface area contributed by atoms with Gasteiger partial charge in [-0.05, 0) is 32.6 Å². The highest BCUT2D eigenvalue weighted by molar-refractivity contribution is 5.79. The van der Waals surface area contributed by atoms with Gasteiger partial charge < -0.3 is 9.64 Å². The highest BCUT2D eigenvalue weighted by Gasteiger charge is 2.51. The summed E-state index contributed by atoms with van der Waals surface area (Å²) in [4.78, 5) is 14.3. The molecule has 0 spiro atoms. The molecule has 0 saturated carbocycles. The Labute approximate surface area is 152 Å². The minimum atomic E-state index is -4.23. The smallest absolute Gasteiger partial charge is 0.360 e. The highest BCUT2D eigenvalue weighted by atomic mass is 19.4. The molecular formula is C18H28F3N3O2. The first-order valence-electron chi connectivity index (χ1n) is 8.92. The van der Waals surface area contributed by atoms with Crippen molar-refractivity contribution in [3.05, 3.63) is 17.0 Å². The second kappa shape index (κ2) is 7.58. The number of aromatic nitrogens is 2. The maximum absolute atomic E-state index is 13.2. The first-order chi connectivity index (χ1) is 12.0. The summed E-state index contributed by atoms with van der Waals surface area (Å²) >= 11 is 0. The fraction of sp³-hybridized carbons (Fsp3) is 0.778. The second-order valence-electron chi connectivity index (χ2n) is 7.63. The minimum Gasteiger partial charge on any atom is -0.360 e. The van der Waals surface area contributed by atoms with Crippen LogP contribution in [0.3, 0.4) is 0 Å². The van der Waals surface area contributed by atoms with Crippen molar-refractivity contribution in [3.8, 4) is 0 Å². The third-order valence-electron chi connectivity index (χ3n) is 5.25. The van der Waals surface area contributed by atoms with Crippen molar-refractivity contribution in [2.24, 2.45) is 11.3 Å². The zero-order chi connectivity index (χ0) is 19.7. The van der Waals surface area contributed by atoms with E-state index in [1.54, 1.807) is 23.4 Å². The van der Waals surface area contributed by atoms with E-state index < -0.39 is 17.5 Å². The van der Waals surface area contributed by atoms with Gasteiger partial charge in [0.1, 0.15) is 6.73 Å². The van der Waals surface area contributed by atoms with E-state index in [0.717, 1.165) is 17.0 Å². The number of rotatable bonds is 5. The summed E-state index contributed by atoms with van der Waals surface area (Å²) in [6, 6.07) is 0. The number of likely N-dealkylation sites (tertiary alicyclic amines) is 1. The average Bonchev–Trinajstić information content (AvgIpc) is 2.78. The lowest BCUT2D eigenvalue weighted by atomic mass is 9.73. The van der Waals surface area contributed by atoms with Crippen LogP contribution >= 0.6 is 0 Å². The standard InChI is InChI=1S/C18H28F3N3O2/c1-6-26-11-24-13(3)14(12(2)22-24)9-16(25)23-8-7-15(18(19,20)21)17(4,5)10-23/h15H,6-11H2,1-5H3. The Morgan fingerprint density at radius 3 is 2.54 bits per heavy atom. The Bertz CT molecular complexity index is 653. The van der Waals surface area contributed by atoms with Crippen molar-refractivity contribution in [2.45, 2.75) is 60.4 Å². The Hall–Kier alpha value is -1.57. The Morgan fingerprint density at radius 2 is 2.00 bits per heavy atom. The van der Waals surface area contributed by atoms with Gasteiger partial charge >= 0.3 is 6.18 Å². The van der Waals surface area contributed by atoms with Gasteiger partial charge in [0.15, 0.2) is 0 Å². The molecule has 1 aliphatic rings. The molecule has 26 heavy (non-hydrogen) atoms. The predicted octanol–water partition coefficient (Wildman–Crippen LogP) is 3.47. The van der Waals surface area contributed by atoms with Crippen LogP contribution < -0.4 is 0 Å². The average molecular weight is 375 g/mol. The summed E-state index contributed by atoms with van der Waals surface area (Å²) in [6.07, 6.45) is -4.13. The maximum atomic E-state index is 13.2. The molecule has 148 valence electrons. The van der Waals surface area contributed by atoms with Crippen LogP contribution in [0.4, 0.5) is 13.2 Å². The number of amides is 1. The number of hydrogen-bond acceptors (Lipinski definition) is 3. The van der Waals surface area contributed by atoms with Gasteiger partial charge in [0.25, 0.3) is 0 Å². The lowest BCUT2D eigenvalue weighted by Gasteiger charge is -2.44. The summed E-state index contributed by atoms with van der Waals surface area (Å²) in [7, 11) is 0. The molecule has 0 bridgehead atoms. The third-order valence-corrected chi connectivity index (χ3v) is 5.25. The molecule has 1 aromatic rings. The lowest BCUT2D eigenvalue weighted by molar-refractivity contribution is -0.217. The predicted molar refractivity (Wildman–Crippen MR) is 91.6 cm³/mol. The summed E-state index contributed by atoms with van der Waals surface area (Å²) in [6.45, 7) is 9.90. The quantitative estimate of drug-likeness (QED) is 0.792. The zero-order valence-electron chi connectivity index (χ0n) is 16.1. The molecule has 0 aromatic carbocycles. The number of ether oxygens (including phenoxy) is 1. The molecule has 1 fully saturated rings. The van der Waals surface area contributed by atoms with Crippen LogP contribution in [0.25, 0.3) is 0 Å². The van der Waals surface area contributed by atoms with Crippen molar-refractivity contribution in [1.29, 1.82) is 0 Å². The number of nitrogens with zero attached hydrogens (tertiary/aromatic N) is 3. The molecule has 1 aliphatic heterocycles. The molecule has 0 N–H and O–H groups in total. The molecule has 0 radical (unpaired) electrons. The summed E-state index contributed by atoms with van der Waals surface area (Å²) in [5.41, 5.74) is 1.44. The number of carbonyl (C=O) groups excluding carboxylic acids is 1. The number of carbonyl (C=O) groups is 1. The van der Waals surface area contributed by atoms with E-state index >= 15 is 0 Å². The molecule has 1 unspecified atom stereocenters. The molecule has 2 heterocycles. The number of hydrogen-bond donors (Lipinski definition) is 0. The molecule has 8 heteroatoms. The van der Waals surface area contributed by atoms with Crippen molar-refractivity contribution < 1.29 is 22.7 Å². The summed E-state index contributed by atoms with van der Waals surface area (Å²) in [5, 5.41) is 4.39. The van der Waals surface area contributed by atoms with Crippen molar-refractivity contribution in [1.82, 2.24) is 14.7 Å². The first-order valence-corrected chi connectivity index (χ1v) is 8.92. The van der Waals surface area contributed by atoms with Crippen LogP contribution in [-0.2, 0) is 22.7 Å². The van der Waals surface area contributed by atoms with E-state index in [1.165, 1.54) is 0 Å². The van der Waals surface area contributed by atoms with E-state index in [4.69, 9.17) is 4.74 Å². The summed E-state index contributed by atoms with van der Waals surface area (Å²) < 4.78 is 46.7. The molecule has 1 amide bonds. The van der Waals surface area contributed by atoms with Crippen LogP contribution in [0.5, 0.6) is 0 Å². The molecule has 2 rings (SSSR count). The van der Waals surface area contributed by atoms with Gasteiger partial charge in [0.05, 0.1) is 18.0 Å². The fourth-order valence-electron chi connectivity index (χ4n) is 3.73. The van der Waals surface area contributed by atoms with Gasteiger partial charge in [-0.3, -0.25) is 4.79 Å². The molecule has 5 nitrogen and oxygen atoms in total. The number of piperidine rings is 1. The minimum absolute atomic E-state index is 0.0518. The molecular weight excluding hydrogens is 347 g/mol. The zero-order valence-corrected chi connectivity index (χ0v) is 16.1. The second-order valence-corrected chi connectivity index (χ2v) is 7.63. The van der Waals surface area contributed by atoms with Crippen LogP contribution in [0, 0.1) is 25.2 Å². The van der Waals surface area contributed by atoms with Gasteiger partial charge in [0, 0.05) is 31.0 Å². The van der Waals surface area contributed by atoms with E-state index in [0.29, 0.717) is 13.3 Å². The Balaban J connectivity index is 2.09. The van der Waals surface area contributed by atoms with Gasteiger partial charge in [-0.25, -0.2) is 4.68 Å². The number of halogens is 3. The van der Waals surface area contributed by atoms with Crippen molar-refractivity contribution >= 4 is 5.91 Å². The SMILES string of the molecule is CCOCn1nc(C)c(CC(=O)N2CCC(C(F)(F)F)C(C)(C)C2)c1C. The van der Waals surface area contributed by atoms with Crippen LogP contribution in [0.2, 0.25) is 0 Å². The van der Waals surface area contributed by atoms with Crippen LogP contribution in [0.1, 0.15) is 44.1 Å². The van der Waals surface area contributed by atoms with Crippen LogP contribution in [0.15, 0.2) is 0 Å². The Morgan fingerprint density at radius 1 is 1.35 bits per heavy atom.